The van der Waals surface area contributed by atoms with Crippen LogP contribution in [-0.2, 0) is 13.0 Å². The highest BCUT2D eigenvalue weighted by Crippen LogP contribution is 2.19. The van der Waals surface area contributed by atoms with Gasteiger partial charge in [0.25, 0.3) is 5.91 Å². The second kappa shape index (κ2) is 7.58. The minimum Gasteiger partial charge on any atom is -0.337 e. The van der Waals surface area contributed by atoms with Crippen LogP contribution >= 0.6 is 0 Å². The molecule has 0 bridgehead atoms. The summed E-state index contributed by atoms with van der Waals surface area (Å²) >= 11 is 0. The maximum atomic E-state index is 12.8. The lowest BCUT2D eigenvalue weighted by molar-refractivity contribution is 0.0698. The molecular formula is C21H21N5O. The maximum absolute atomic E-state index is 12.8. The topological polar surface area (TPSA) is 74.8 Å². The Bertz CT molecular complexity index is 989. The average Bonchev–Trinajstić information content (AvgIpc) is 3.14. The first-order valence-corrected chi connectivity index (χ1v) is 9.28. The van der Waals surface area contributed by atoms with E-state index in [4.69, 9.17) is 5.26 Å². The Labute approximate surface area is 158 Å². The number of hydrogen-bond donors (Lipinski definition) is 0. The van der Waals surface area contributed by atoms with E-state index in [1.54, 1.807) is 23.5 Å². The second-order valence-electron chi connectivity index (χ2n) is 6.96. The Kier molecular flexibility index (Phi) is 4.84. The molecule has 3 aromatic rings. The lowest BCUT2D eigenvalue weighted by Crippen LogP contribution is -2.39. The van der Waals surface area contributed by atoms with Gasteiger partial charge < -0.3 is 9.47 Å². The summed E-state index contributed by atoms with van der Waals surface area (Å²) in [6.45, 7) is 1.98. The molecule has 1 unspecified atom stereocenters. The van der Waals surface area contributed by atoms with Gasteiger partial charge in [0.1, 0.15) is 5.52 Å². The van der Waals surface area contributed by atoms with Crippen molar-refractivity contribution in [2.45, 2.75) is 25.8 Å². The normalized spacial score (nSPS) is 17.0. The van der Waals surface area contributed by atoms with Crippen molar-refractivity contribution in [2.75, 3.05) is 13.1 Å². The number of aromatic nitrogens is 3. The monoisotopic (exact) mass is 359 g/mol. The van der Waals surface area contributed by atoms with Crippen LogP contribution in [0.1, 0.15) is 28.8 Å². The fraction of sp³-hybridized carbons (Fsp3) is 0.333. The molecule has 27 heavy (non-hydrogen) atoms. The van der Waals surface area contributed by atoms with Gasteiger partial charge in [-0.2, -0.15) is 5.26 Å². The van der Waals surface area contributed by atoms with Crippen LogP contribution < -0.4 is 0 Å². The van der Waals surface area contributed by atoms with Crippen molar-refractivity contribution in [1.29, 1.82) is 5.26 Å². The number of carbonyl (C=O) groups excluding carboxylic acids is 1. The molecule has 0 radical (unpaired) electrons. The van der Waals surface area contributed by atoms with Gasteiger partial charge in [0, 0.05) is 25.8 Å². The lowest BCUT2D eigenvalue weighted by atomic mass is 9.99. The van der Waals surface area contributed by atoms with E-state index in [2.05, 4.69) is 28.2 Å². The van der Waals surface area contributed by atoms with E-state index in [0.717, 1.165) is 37.0 Å². The molecule has 1 fully saturated rings. The van der Waals surface area contributed by atoms with Gasteiger partial charge in [-0.3, -0.25) is 4.79 Å². The zero-order valence-electron chi connectivity index (χ0n) is 15.1. The molecule has 0 saturated carbocycles. The number of pyridine rings is 1. The highest BCUT2D eigenvalue weighted by molar-refractivity contribution is 5.96. The molecule has 136 valence electrons. The van der Waals surface area contributed by atoms with Crippen LogP contribution in [0, 0.1) is 17.2 Å². The van der Waals surface area contributed by atoms with Gasteiger partial charge in [0.15, 0.2) is 5.65 Å². The number of carbonyl (C=O) groups is 1. The van der Waals surface area contributed by atoms with Crippen molar-refractivity contribution in [3.8, 4) is 6.07 Å². The number of nitrogens with zero attached hydrogens (tertiary/aromatic N) is 5. The zero-order valence-corrected chi connectivity index (χ0v) is 15.1. The number of hydrogen-bond acceptors (Lipinski definition) is 4. The fourth-order valence-corrected chi connectivity index (χ4v) is 3.57. The summed E-state index contributed by atoms with van der Waals surface area (Å²) in [4.78, 5) is 23.4. The maximum Gasteiger partial charge on any atom is 0.255 e. The summed E-state index contributed by atoms with van der Waals surface area (Å²) < 4.78 is 2.02. The predicted molar refractivity (Wildman–Crippen MR) is 102 cm³/mol. The molecule has 3 heterocycles. The third kappa shape index (κ3) is 3.68. The highest BCUT2D eigenvalue weighted by atomic mass is 16.2. The molecule has 0 spiro atoms. The molecule has 6 heteroatoms. The Morgan fingerprint density at radius 2 is 2.11 bits per heavy atom. The van der Waals surface area contributed by atoms with Crippen molar-refractivity contribution in [3.63, 3.8) is 0 Å². The average molecular weight is 359 g/mol. The van der Waals surface area contributed by atoms with Gasteiger partial charge in [-0.05, 0) is 30.9 Å². The van der Waals surface area contributed by atoms with Crippen LogP contribution in [-0.4, -0.2) is 38.4 Å². The van der Waals surface area contributed by atoms with Crippen LogP contribution in [0.4, 0.5) is 0 Å². The number of aryl methyl sites for hydroxylation is 2. The van der Waals surface area contributed by atoms with E-state index in [0.29, 0.717) is 18.7 Å². The number of fused-ring (bicyclic) bond motifs is 1. The summed E-state index contributed by atoms with van der Waals surface area (Å²) in [5.41, 5.74) is 3.32. The van der Waals surface area contributed by atoms with Crippen molar-refractivity contribution >= 4 is 17.1 Å². The van der Waals surface area contributed by atoms with Gasteiger partial charge in [0.05, 0.1) is 23.9 Å². The number of amides is 1. The number of nitriles is 1. The Hall–Kier alpha value is -3.20. The van der Waals surface area contributed by atoms with E-state index in [-0.39, 0.29) is 11.8 Å². The molecule has 1 aliphatic rings. The Balaban J connectivity index is 1.50. The molecule has 4 rings (SSSR count). The van der Waals surface area contributed by atoms with E-state index in [1.165, 1.54) is 5.56 Å². The first-order chi connectivity index (χ1) is 13.2. The number of rotatable bonds is 4. The van der Waals surface area contributed by atoms with Crippen LogP contribution in [0.25, 0.3) is 11.2 Å². The summed E-state index contributed by atoms with van der Waals surface area (Å²) in [5.74, 6) is -0.139. The van der Waals surface area contributed by atoms with E-state index in [9.17, 15) is 4.79 Å². The molecule has 1 atom stereocenters. The standard InChI is InChI=1S/C21H21N5O/c22-12-17-7-4-9-25(14-17)21(27)18-11-19-20(23-13-18)26(15-24-19)10-8-16-5-2-1-3-6-16/h1-3,5-6,11,13,15,17H,4,7-10,14H2. The number of piperidine rings is 1. The molecule has 6 nitrogen and oxygen atoms in total. The minimum atomic E-state index is -0.0726. The van der Waals surface area contributed by atoms with Crippen molar-refractivity contribution in [2.24, 2.45) is 5.92 Å². The Morgan fingerprint density at radius 1 is 1.26 bits per heavy atom. The van der Waals surface area contributed by atoms with E-state index < -0.39 is 0 Å². The Morgan fingerprint density at radius 3 is 2.93 bits per heavy atom. The predicted octanol–water partition coefficient (Wildman–Crippen LogP) is 3.05. The summed E-state index contributed by atoms with van der Waals surface area (Å²) in [5, 5.41) is 9.13. The summed E-state index contributed by atoms with van der Waals surface area (Å²) in [6, 6.07) is 14.4. The van der Waals surface area contributed by atoms with Crippen LogP contribution in [0.2, 0.25) is 0 Å². The fourth-order valence-electron chi connectivity index (χ4n) is 3.57. The first kappa shape index (κ1) is 17.2. The van der Waals surface area contributed by atoms with E-state index >= 15 is 0 Å². The third-order valence-electron chi connectivity index (χ3n) is 5.08. The molecule has 1 saturated heterocycles. The highest BCUT2D eigenvalue weighted by Gasteiger charge is 2.24. The molecule has 0 N–H and O–H groups in total. The van der Waals surface area contributed by atoms with Gasteiger partial charge >= 0.3 is 0 Å². The smallest absolute Gasteiger partial charge is 0.255 e. The van der Waals surface area contributed by atoms with Crippen LogP contribution in [0.15, 0.2) is 48.9 Å². The van der Waals surface area contributed by atoms with Crippen molar-refractivity contribution in [1.82, 2.24) is 19.4 Å². The van der Waals surface area contributed by atoms with Gasteiger partial charge in [0.2, 0.25) is 0 Å². The van der Waals surface area contributed by atoms with Crippen LogP contribution in [0.5, 0.6) is 0 Å². The van der Waals surface area contributed by atoms with E-state index in [1.807, 2.05) is 22.8 Å². The molecule has 2 aromatic heterocycles. The van der Waals surface area contributed by atoms with Crippen LogP contribution in [0.3, 0.4) is 0 Å². The molecule has 1 aromatic carbocycles. The molecular weight excluding hydrogens is 338 g/mol. The minimum absolute atomic E-state index is 0.0665. The van der Waals surface area contributed by atoms with Crippen molar-refractivity contribution in [3.05, 3.63) is 60.0 Å². The lowest BCUT2D eigenvalue weighted by Gasteiger charge is -2.29. The molecule has 1 amide bonds. The quantitative estimate of drug-likeness (QED) is 0.717. The second-order valence-corrected chi connectivity index (χ2v) is 6.96. The number of likely N-dealkylation sites (tertiary alicyclic amines) is 1. The number of benzene rings is 1. The molecule has 1 aliphatic heterocycles. The summed E-state index contributed by atoms with van der Waals surface area (Å²) in [6.07, 6.45) is 6.04. The van der Waals surface area contributed by atoms with Crippen molar-refractivity contribution < 1.29 is 4.79 Å². The number of imidazole rings is 1. The third-order valence-corrected chi connectivity index (χ3v) is 5.08. The zero-order chi connectivity index (χ0) is 18.6. The molecule has 0 aliphatic carbocycles. The first-order valence-electron chi connectivity index (χ1n) is 9.28. The SMILES string of the molecule is N#CC1CCCN(C(=O)c2cnc3c(c2)ncn3CCc2ccccc2)C1. The van der Waals surface area contributed by atoms with Gasteiger partial charge in [-0.25, -0.2) is 9.97 Å². The largest absolute Gasteiger partial charge is 0.337 e. The summed E-state index contributed by atoms with van der Waals surface area (Å²) in [7, 11) is 0. The van der Waals surface area contributed by atoms with Gasteiger partial charge in [-0.15, -0.1) is 0 Å². The van der Waals surface area contributed by atoms with Gasteiger partial charge in [-0.1, -0.05) is 30.3 Å².